The summed E-state index contributed by atoms with van der Waals surface area (Å²) in [6.07, 6.45) is 5.22. The first-order valence-corrected chi connectivity index (χ1v) is 11.8. The van der Waals surface area contributed by atoms with Crippen molar-refractivity contribution in [3.05, 3.63) is 71.8 Å². The summed E-state index contributed by atoms with van der Waals surface area (Å²) in [6, 6.07) is 16.0. The van der Waals surface area contributed by atoms with Gasteiger partial charge < -0.3 is 20.5 Å². The van der Waals surface area contributed by atoms with Crippen LogP contribution >= 0.6 is 0 Å². The van der Waals surface area contributed by atoms with Crippen LogP contribution in [0.15, 0.2) is 60.7 Å². The minimum Gasteiger partial charge on any atom is -0.481 e. The zero-order valence-corrected chi connectivity index (χ0v) is 18.8. The molecule has 3 N–H and O–H groups in total. The molecule has 5 rings (SSSR count). The molecule has 0 bridgehead atoms. The van der Waals surface area contributed by atoms with E-state index in [4.69, 9.17) is 4.74 Å². The van der Waals surface area contributed by atoms with Gasteiger partial charge in [-0.15, -0.1) is 0 Å². The van der Waals surface area contributed by atoms with Crippen molar-refractivity contribution in [2.24, 2.45) is 11.8 Å². The van der Waals surface area contributed by atoms with Crippen molar-refractivity contribution in [3.63, 3.8) is 0 Å². The summed E-state index contributed by atoms with van der Waals surface area (Å²) < 4.78 is 5.58. The predicted molar refractivity (Wildman–Crippen MR) is 126 cm³/mol. The van der Waals surface area contributed by atoms with Gasteiger partial charge in [-0.2, -0.15) is 0 Å². The molecule has 2 atom stereocenters. The SMILES string of the molecule is O=C(NC1CC(C(=O)N[C@@H]2C=CC[C@@H](C(=O)O)C2)C1)OCC1c2ccccc2-c2ccccc21. The summed E-state index contributed by atoms with van der Waals surface area (Å²) in [4.78, 5) is 36.1. The zero-order valence-electron chi connectivity index (χ0n) is 18.8. The molecule has 7 heteroatoms. The number of rotatable bonds is 6. The van der Waals surface area contributed by atoms with Crippen LogP contribution in [0.4, 0.5) is 4.79 Å². The minimum atomic E-state index is -0.834. The quantitative estimate of drug-likeness (QED) is 0.568. The number of carbonyl (C=O) groups is 3. The first kappa shape index (κ1) is 22.2. The Morgan fingerprint density at radius 1 is 0.882 bits per heavy atom. The topological polar surface area (TPSA) is 105 Å². The molecule has 0 aliphatic heterocycles. The highest BCUT2D eigenvalue weighted by Crippen LogP contribution is 2.44. The second-order valence-corrected chi connectivity index (χ2v) is 9.38. The molecule has 0 aromatic heterocycles. The second kappa shape index (κ2) is 9.33. The summed E-state index contributed by atoms with van der Waals surface area (Å²) in [5.41, 5.74) is 4.70. The number of ether oxygens (including phenoxy) is 1. The number of carboxylic acid groups (broad SMARTS) is 1. The van der Waals surface area contributed by atoms with Gasteiger partial charge in [-0.25, -0.2) is 4.79 Å². The average Bonchev–Trinajstić information content (AvgIpc) is 3.13. The van der Waals surface area contributed by atoms with Crippen LogP contribution in [0.3, 0.4) is 0 Å². The molecule has 176 valence electrons. The number of fused-ring (bicyclic) bond motifs is 3. The lowest BCUT2D eigenvalue weighted by Gasteiger charge is -2.35. The number of allylic oxidation sites excluding steroid dienone is 1. The summed E-state index contributed by atoms with van der Waals surface area (Å²) in [7, 11) is 0. The Labute approximate surface area is 198 Å². The van der Waals surface area contributed by atoms with Gasteiger partial charge in [0.15, 0.2) is 0 Å². The van der Waals surface area contributed by atoms with Gasteiger partial charge in [0.1, 0.15) is 6.61 Å². The van der Waals surface area contributed by atoms with E-state index in [1.54, 1.807) is 0 Å². The highest BCUT2D eigenvalue weighted by molar-refractivity contribution is 5.81. The smallest absolute Gasteiger partial charge is 0.407 e. The molecule has 2 amide bonds. The maximum atomic E-state index is 12.5. The molecule has 3 aliphatic carbocycles. The Kier molecular flexibility index (Phi) is 6.09. The van der Waals surface area contributed by atoms with Crippen LogP contribution < -0.4 is 10.6 Å². The van der Waals surface area contributed by atoms with E-state index in [0.717, 1.165) is 0 Å². The van der Waals surface area contributed by atoms with E-state index in [0.29, 0.717) is 25.7 Å². The fourth-order valence-corrected chi connectivity index (χ4v) is 5.25. The van der Waals surface area contributed by atoms with Crippen LogP contribution in [-0.2, 0) is 14.3 Å². The molecule has 1 fully saturated rings. The molecule has 0 saturated heterocycles. The Morgan fingerprint density at radius 2 is 1.53 bits per heavy atom. The molecule has 0 heterocycles. The lowest BCUT2D eigenvalue weighted by atomic mass is 9.79. The Hall–Kier alpha value is -3.61. The molecule has 3 aliphatic rings. The van der Waals surface area contributed by atoms with E-state index >= 15 is 0 Å². The molecular weight excluding hydrogens is 432 g/mol. The third kappa shape index (κ3) is 4.42. The van der Waals surface area contributed by atoms with Crippen molar-refractivity contribution in [1.82, 2.24) is 10.6 Å². The highest BCUT2D eigenvalue weighted by Gasteiger charge is 2.37. The van der Waals surface area contributed by atoms with Crippen LogP contribution in [-0.4, -0.2) is 41.8 Å². The van der Waals surface area contributed by atoms with Gasteiger partial charge >= 0.3 is 12.1 Å². The highest BCUT2D eigenvalue weighted by atomic mass is 16.5. The fraction of sp³-hybridized carbons (Fsp3) is 0.370. The van der Waals surface area contributed by atoms with Gasteiger partial charge in [0.05, 0.1) is 5.92 Å². The molecule has 0 unspecified atom stereocenters. The van der Waals surface area contributed by atoms with Crippen LogP contribution in [0.25, 0.3) is 11.1 Å². The number of benzene rings is 2. The standard InChI is InChI=1S/C27H28N2O5/c30-25(28-18-7-5-6-16(12-18)26(31)32)17-13-19(14-17)29-27(33)34-15-24-22-10-3-1-8-20(22)21-9-2-4-11-23(21)24/h1-5,7-11,16-19,24H,6,12-15H2,(H,28,30)(H,29,33)(H,31,32)/t16-,17?,18-,19?/m1/s1. The van der Waals surface area contributed by atoms with E-state index in [9.17, 15) is 19.5 Å². The summed E-state index contributed by atoms with van der Waals surface area (Å²) in [5.74, 6) is -1.56. The van der Waals surface area contributed by atoms with Crippen LogP contribution in [0.2, 0.25) is 0 Å². The minimum absolute atomic E-state index is 0.0104. The molecule has 7 nitrogen and oxygen atoms in total. The van der Waals surface area contributed by atoms with Gasteiger partial charge in [0.2, 0.25) is 5.91 Å². The number of hydrogen-bond donors (Lipinski definition) is 3. The van der Waals surface area contributed by atoms with Gasteiger partial charge in [-0.05, 0) is 47.9 Å². The Balaban J connectivity index is 1.08. The lowest BCUT2D eigenvalue weighted by molar-refractivity contribution is -0.142. The number of carbonyl (C=O) groups excluding carboxylic acids is 2. The first-order valence-electron chi connectivity index (χ1n) is 11.8. The Bertz CT molecular complexity index is 1090. The van der Waals surface area contributed by atoms with E-state index < -0.39 is 18.0 Å². The number of hydrogen-bond acceptors (Lipinski definition) is 4. The van der Waals surface area contributed by atoms with Crippen molar-refractivity contribution >= 4 is 18.0 Å². The normalized spacial score (nSPS) is 24.9. The summed E-state index contributed by atoms with van der Waals surface area (Å²) in [6.45, 7) is 0.259. The van der Waals surface area contributed by atoms with Crippen molar-refractivity contribution in [1.29, 1.82) is 0 Å². The molecule has 2 aromatic carbocycles. The molecule has 0 spiro atoms. The van der Waals surface area contributed by atoms with Gasteiger partial charge in [-0.3, -0.25) is 9.59 Å². The van der Waals surface area contributed by atoms with Crippen LogP contribution in [0, 0.1) is 11.8 Å². The first-order chi connectivity index (χ1) is 16.5. The van der Waals surface area contributed by atoms with Crippen LogP contribution in [0.1, 0.15) is 42.7 Å². The van der Waals surface area contributed by atoms with Gasteiger partial charge in [0.25, 0.3) is 0 Å². The van der Waals surface area contributed by atoms with Gasteiger partial charge in [-0.1, -0.05) is 60.7 Å². The van der Waals surface area contributed by atoms with Crippen molar-refractivity contribution < 1.29 is 24.2 Å². The largest absolute Gasteiger partial charge is 0.481 e. The van der Waals surface area contributed by atoms with Crippen molar-refractivity contribution in [2.45, 2.75) is 43.7 Å². The van der Waals surface area contributed by atoms with Crippen molar-refractivity contribution in [2.75, 3.05) is 6.61 Å². The number of aliphatic carboxylic acids is 1. The molecule has 0 radical (unpaired) electrons. The monoisotopic (exact) mass is 460 g/mol. The summed E-state index contributed by atoms with van der Waals surface area (Å²) >= 11 is 0. The maximum absolute atomic E-state index is 12.5. The zero-order chi connectivity index (χ0) is 23.7. The molecule has 2 aromatic rings. The average molecular weight is 461 g/mol. The fourth-order valence-electron chi connectivity index (χ4n) is 5.25. The molecule has 34 heavy (non-hydrogen) atoms. The maximum Gasteiger partial charge on any atom is 0.407 e. The third-order valence-electron chi connectivity index (χ3n) is 7.18. The predicted octanol–water partition coefficient (Wildman–Crippen LogP) is 3.84. The number of nitrogens with one attached hydrogen (secondary N) is 2. The van der Waals surface area contributed by atoms with E-state index in [-0.39, 0.29) is 36.4 Å². The Morgan fingerprint density at radius 3 is 2.18 bits per heavy atom. The van der Waals surface area contributed by atoms with E-state index in [1.807, 2.05) is 36.4 Å². The number of alkyl carbamates (subject to hydrolysis) is 1. The van der Waals surface area contributed by atoms with E-state index in [1.165, 1.54) is 22.3 Å². The van der Waals surface area contributed by atoms with E-state index in [2.05, 4.69) is 34.9 Å². The number of amides is 2. The number of carboxylic acids is 1. The van der Waals surface area contributed by atoms with Gasteiger partial charge in [0, 0.05) is 23.9 Å². The van der Waals surface area contributed by atoms with Crippen molar-refractivity contribution in [3.8, 4) is 11.1 Å². The second-order valence-electron chi connectivity index (χ2n) is 9.38. The lowest BCUT2D eigenvalue weighted by Crippen LogP contribution is -2.51. The molecular formula is C27H28N2O5. The molecule has 1 saturated carbocycles. The summed E-state index contributed by atoms with van der Waals surface area (Å²) in [5, 5.41) is 15.0. The third-order valence-corrected chi connectivity index (χ3v) is 7.18. The van der Waals surface area contributed by atoms with Crippen LogP contribution in [0.5, 0.6) is 0 Å².